The Morgan fingerprint density at radius 1 is 1.60 bits per heavy atom. The second-order valence-electron chi connectivity index (χ2n) is 1.43. The maximum atomic E-state index is 4.79. The first-order valence-corrected chi connectivity index (χ1v) is 3.41. The number of hydrogen-bond donors (Lipinski definition) is 4. The van der Waals surface area contributed by atoms with E-state index in [-0.39, 0.29) is 20.3 Å². The molecule has 0 unspecified atom stereocenters. The molecule has 0 aromatic heterocycles. The fraction of sp³-hybridized carbons (Fsp3) is 0. The third-order valence-electron chi connectivity index (χ3n) is 0.704. The molecule has 0 aromatic carbocycles. The molecule has 3 nitrogen and oxygen atoms in total. The van der Waals surface area contributed by atoms with E-state index in [9.17, 15) is 0 Å². The molecule has 7 heteroatoms. The van der Waals surface area contributed by atoms with E-state index < -0.39 is 0 Å². The van der Waals surface area contributed by atoms with Crippen molar-refractivity contribution in [2.24, 2.45) is 0 Å². The van der Waals surface area contributed by atoms with Gasteiger partial charge in [-0.3, -0.25) is 10.9 Å². The molecule has 0 aliphatic carbocycles. The van der Waals surface area contributed by atoms with Gasteiger partial charge in [-0.1, -0.05) is 29.6 Å². The summed E-state index contributed by atoms with van der Waals surface area (Å²) >= 11 is 12.7. The fourth-order valence-electron chi connectivity index (χ4n) is 0.430. The van der Waals surface area contributed by atoms with Crippen molar-refractivity contribution in [3.63, 3.8) is 0 Å². The SMILES string of the molecule is S=C1C=C(S)NN(S)N1.[H-].[Li+]. The van der Waals surface area contributed by atoms with Crippen LogP contribution in [-0.4, -0.2) is 9.51 Å². The molecule has 1 aliphatic heterocycles. The van der Waals surface area contributed by atoms with Crippen LogP contribution in [0, 0.1) is 0 Å². The largest absolute Gasteiger partial charge is 1.00 e. The summed E-state index contributed by atoms with van der Waals surface area (Å²) in [6.45, 7) is 0. The van der Waals surface area contributed by atoms with E-state index in [1.807, 2.05) is 0 Å². The van der Waals surface area contributed by atoms with Crippen molar-refractivity contribution in [1.29, 1.82) is 0 Å². The van der Waals surface area contributed by atoms with Crippen LogP contribution >= 0.6 is 37.7 Å². The van der Waals surface area contributed by atoms with Gasteiger partial charge in [-0.25, -0.2) is 0 Å². The van der Waals surface area contributed by atoms with Gasteiger partial charge < -0.3 is 1.43 Å². The molecule has 0 saturated carbocycles. The molecule has 0 atom stereocenters. The minimum Gasteiger partial charge on any atom is -1.00 e. The molecule has 0 spiro atoms. The van der Waals surface area contributed by atoms with Crippen molar-refractivity contribution >= 4 is 42.6 Å². The van der Waals surface area contributed by atoms with Gasteiger partial charge in [0.05, 0.1) is 5.03 Å². The maximum absolute atomic E-state index is 4.79. The molecule has 0 fully saturated rings. The van der Waals surface area contributed by atoms with Crippen LogP contribution in [0.15, 0.2) is 11.1 Å². The molecular formula is C3H6LiN3S3. The topological polar surface area (TPSA) is 27.3 Å². The second-order valence-corrected chi connectivity index (χ2v) is 2.75. The number of nitrogens with one attached hydrogen (secondary N) is 2. The zero-order chi connectivity index (χ0) is 6.85. The summed E-state index contributed by atoms with van der Waals surface area (Å²) in [5.74, 6) is 0. The summed E-state index contributed by atoms with van der Waals surface area (Å²) in [5, 5.41) is 0.675. The van der Waals surface area contributed by atoms with Gasteiger partial charge in [0.15, 0.2) is 0 Å². The number of thiocarbonyl (C=S) groups is 1. The summed E-state index contributed by atoms with van der Waals surface area (Å²) in [7, 11) is 0. The molecule has 1 aliphatic rings. The van der Waals surface area contributed by atoms with Crippen LogP contribution in [0.5, 0.6) is 0 Å². The van der Waals surface area contributed by atoms with Crippen LogP contribution in [0.1, 0.15) is 1.43 Å². The third-order valence-corrected chi connectivity index (χ3v) is 1.34. The van der Waals surface area contributed by atoms with Crippen molar-refractivity contribution in [3.05, 3.63) is 11.1 Å². The first-order chi connectivity index (χ1) is 4.18. The van der Waals surface area contributed by atoms with Gasteiger partial charge in [-0.05, 0) is 0 Å². The molecule has 1 heterocycles. The van der Waals surface area contributed by atoms with Crippen molar-refractivity contribution in [1.82, 2.24) is 15.4 Å². The Labute approximate surface area is 89.2 Å². The zero-order valence-electron chi connectivity index (χ0n) is 6.33. The Kier molecular flexibility index (Phi) is 4.85. The molecule has 0 amide bonds. The van der Waals surface area contributed by atoms with Crippen LogP contribution in [0.4, 0.5) is 0 Å². The van der Waals surface area contributed by atoms with E-state index in [2.05, 4.69) is 36.3 Å². The van der Waals surface area contributed by atoms with Crippen LogP contribution in [0.3, 0.4) is 0 Å². The Bertz CT molecular complexity index is 175. The molecule has 0 bridgehead atoms. The maximum Gasteiger partial charge on any atom is 1.00 e. The van der Waals surface area contributed by atoms with Crippen molar-refractivity contribution < 1.29 is 20.3 Å². The van der Waals surface area contributed by atoms with E-state index in [0.717, 1.165) is 0 Å². The first kappa shape index (κ1) is 10.7. The monoisotopic (exact) mass is 187 g/mol. The molecular weight excluding hydrogens is 181 g/mol. The normalized spacial score (nSPS) is 18.2. The Morgan fingerprint density at radius 3 is 2.60 bits per heavy atom. The Hall–Kier alpha value is 0.687. The molecule has 0 aromatic rings. The quantitative estimate of drug-likeness (QED) is 0.190. The average molecular weight is 187 g/mol. The number of thiol groups is 2. The van der Waals surface area contributed by atoms with Crippen LogP contribution in [0.2, 0.25) is 0 Å². The summed E-state index contributed by atoms with van der Waals surface area (Å²) in [6, 6.07) is 0. The standard InChI is InChI=1S/C3H5N3S3.Li.H/c7-2-1-3(8)5-6(9)4-2;;/h1,4,7,9H,(H,5,8);;/q;+1;-1. The molecule has 2 N–H and O–H groups in total. The molecule has 52 valence electrons. The van der Waals surface area contributed by atoms with Crippen molar-refractivity contribution in [2.75, 3.05) is 0 Å². The number of hydrazine groups is 2. The molecule has 0 radical (unpaired) electrons. The van der Waals surface area contributed by atoms with Crippen molar-refractivity contribution in [2.45, 2.75) is 0 Å². The van der Waals surface area contributed by atoms with Crippen LogP contribution in [-0.2, 0) is 0 Å². The average Bonchev–Trinajstić information content (AvgIpc) is 1.59. The van der Waals surface area contributed by atoms with Crippen LogP contribution in [0.25, 0.3) is 0 Å². The smallest absolute Gasteiger partial charge is 1.00 e. The van der Waals surface area contributed by atoms with Gasteiger partial charge in [-0.2, -0.15) is 0 Å². The van der Waals surface area contributed by atoms with E-state index in [0.29, 0.717) is 10.0 Å². The minimum atomic E-state index is 0. The van der Waals surface area contributed by atoms with E-state index in [1.54, 1.807) is 6.08 Å². The summed E-state index contributed by atoms with van der Waals surface area (Å²) in [5.41, 5.74) is 5.44. The minimum absolute atomic E-state index is 0. The van der Waals surface area contributed by atoms with E-state index >= 15 is 0 Å². The predicted molar refractivity (Wildman–Crippen MR) is 47.9 cm³/mol. The fourth-order valence-corrected chi connectivity index (χ4v) is 1.32. The Morgan fingerprint density at radius 2 is 2.20 bits per heavy atom. The van der Waals surface area contributed by atoms with Gasteiger partial charge in [0.2, 0.25) is 0 Å². The number of rotatable bonds is 0. The molecule has 1 rings (SSSR count). The van der Waals surface area contributed by atoms with Gasteiger partial charge in [-0.15, -0.1) is 12.6 Å². The van der Waals surface area contributed by atoms with Gasteiger partial charge in [0.1, 0.15) is 4.99 Å². The summed E-state index contributed by atoms with van der Waals surface area (Å²) in [4.78, 5) is 0.591. The van der Waals surface area contributed by atoms with Gasteiger partial charge in [0.25, 0.3) is 0 Å². The van der Waals surface area contributed by atoms with Crippen LogP contribution < -0.4 is 29.7 Å². The second kappa shape index (κ2) is 4.54. The molecule has 0 saturated heterocycles. The van der Waals surface area contributed by atoms with E-state index in [4.69, 9.17) is 12.2 Å². The summed E-state index contributed by atoms with van der Waals surface area (Å²) < 4.78 is 1.34. The van der Waals surface area contributed by atoms with Gasteiger partial charge in [0, 0.05) is 6.08 Å². The number of nitrogens with zero attached hydrogens (tertiary/aromatic N) is 1. The number of hydrogen-bond acceptors (Lipinski definition) is 5. The first-order valence-electron chi connectivity index (χ1n) is 2.15. The van der Waals surface area contributed by atoms with Gasteiger partial charge >= 0.3 is 18.9 Å². The summed E-state index contributed by atoms with van der Waals surface area (Å²) in [6.07, 6.45) is 1.69. The third kappa shape index (κ3) is 3.19. The van der Waals surface area contributed by atoms with Crippen molar-refractivity contribution in [3.8, 4) is 0 Å². The Balaban J connectivity index is 0. The predicted octanol–water partition coefficient (Wildman–Crippen LogP) is -2.63. The zero-order valence-corrected chi connectivity index (χ0v) is 7.93. The molecule has 10 heavy (non-hydrogen) atoms. The van der Waals surface area contributed by atoms with E-state index in [1.165, 1.54) is 4.52 Å².